The van der Waals surface area contributed by atoms with E-state index in [1.165, 1.54) is 104 Å². The van der Waals surface area contributed by atoms with E-state index in [1.807, 2.05) is 0 Å². The van der Waals surface area contributed by atoms with Crippen molar-refractivity contribution in [1.82, 2.24) is 0 Å². The van der Waals surface area contributed by atoms with Gasteiger partial charge in [-0.15, -0.1) is 0 Å². The Bertz CT molecular complexity index is 2390. The van der Waals surface area contributed by atoms with Crippen LogP contribution in [0.5, 0.6) is 0 Å². The summed E-state index contributed by atoms with van der Waals surface area (Å²) in [5.41, 5.74) is 20.8. The second kappa shape index (κ2) is 12.9. The van der Waals surface area contributed by atoms with Gasteiger partial charge >= 0.3 is 0 Å². The molecule has 4 aliphatic rings. The Hall–Kier alpha value is -4.24. The quantitative estimate of drug-likeness (QED) is 0.166. The van der Waals surface area contributed by atoms with Gasteiger partial charge in [0.15, 0.2) is 0 Å². The molecule has 5 aromatic rings. The summed E-state index contributed by atoms with van der Waals surface area (Å²) in [6.07, 6.45) is 5.50. The Kier molecular flexibility index (Phi) is 8.65. The minimum absolute atomic E-state index is 0.0183. The highest BCUT2D eigenvalue weighted by molar-refractivity contribution is 7.00. The summed E-state index contributed by atoms with van der Waals surface area (Å²) in [7, 11) is 0. The molecule has 2 aliphatic carbocycles. The van der Waals surface area contributed by atoms with Crippen molar-refractivity contribution in [1.29, 1.82) is 0 Å². The normalized spacial score (nSPS) is 20.2. The largest absolute Gasteiger partial charge is 0.311 e. The van der Waals surface area contributed by atoms with Gasteiger partial charge in [-0.2, -0.15) is 0 Å². The van der Waals surface area contributed by atoms with E-state index in [0.29, 0.717) is 5.92 Å². The molecule has 3 heteroatoms. The monoisotopic (exact) mass is 753 g/mol. The van der Waals surface area contributed by atoms with Crippen molar-refractivity contribution in [3.8, 4) is 0 Å². The number of aryl methyl sites for hydroxylation is 1. The van der Waals surface area contributed by atoms with Crippen LogP contribution in [0.4, 0.5) is 34.1 Å². The summed E-state index contributed by atoms with van der Waals surface area (Å²) in [5.74, 6) is 2.26. The number of hydrogen-bond acceptors (Lipinski definition) is 2. The molecule has 9 rings (SSSR count). The average Bonchev–Trinajstić information content (AvgIpc) is 3.77. The van der Waals surface area contributed by atoms with Gasteiger partial charge in [-0.05, 0) is 158 Å². The lowest BCUT2D eigenvalue weighted by molar-refractivity contribution is 0.419. The Morgan fingerprint density at radius 1 is 0.474 bits per heavy atom. The molecule has 3 atom stereocenters. The molecule has 0 amide bonds. The molecular weight excluding hydrogens is 687 g/mol. The van der Waals surface area contributed by atoms with E-state index >= 15 is 0 Å². The molecule has 2 bridgehead atoms. The summed E-state index contributed by atoms with van der Waals surface area (Å²) in [5, 5.41) is 0. The summed E-state index contributed by atoms with van der Waals surface area (Å²) in [6.45, 7) is 30.7. The zero-order valence-electron chi connectivity index (χ0n) is 37.2. The first-order chi connectivity index (χ1) is 26.7. The lowest BCUT2D eigenvalue weighted by Gasteiger charge is -2.46. The van der Waals surface area contributed by atoms with Crippen molar-refractivity contribution in [3.63, 3.8) is 0 Å². The van der Waals surface area contributed by atoms with Gasteiger partial charge in [0.05, 0.1) is 0 Å². The molecule has 294 valence electrons. The van der Waals surface area contributed by atoms with Gasteiger partial charge < -0.3 is 9.80 Å². The fourth-order valence-corrected chi connectivity index (χ4v) is 10.9. The number of rotatable bonds is 3. The minimum Gasteiger partial charge on any atom is -0.311 e. The van der Waals surface area contributed by atoms with Gasteiger partial charge in [-0.1, -0.05) is 138 Å². The first kappa shape index (κ1) is 38.3. The molecule has 0 spiro atoms. The van der Waals surface area contributed by atoms with Crippen molar-refractivity contribution in [2.45, 2.75) is 143 Å². The molecule has 57 heavy (non-hydrogen) atoms. The molecule has 2 fully saturated rings. The zero-order valence-corrected chi connectivity index (χ0v) is 37.2. The highest BCUT2D eigenvalue weighted by Crippen LogP contribution is 2.56. The molecule has 5 aromatic carbocycles. The van der Waals surface area contributed by atoms with E-state index in [2.05, 4.69) is 191 Å². The predicted octanol–water partition coefficient (Wildman–Crippen LogP) is 13.2. The van der Waals surface area contributed by atoms with Crippen LogP contribution < -0.4 is 26.2 Å². The lowest BCUT2D eigenvalue weighted by Crippen LogP contribution is -2.61. The van der Waals surface area contributed by atoms with Crippen LogP contribution in [-0.4, -0.2) is 6.71 Å². The highest BCUT2D eigenvalue weighted by Gasteiger charge is 2.46. The van der Waals surface area contributed by atoms with Crippen molar-refractivity contribution in [2.24, 2.45) is 11.8 Å². The SMILES string of the molecule is Cc1cc2c3c(c1)N(c1ccc(C(C)(C)C)cc1C1CC4CCC1C4)c1ccc(C(C)(C)C)cc1B3c1cc(C(C)(C)C)ccc1N2c1ccc(C(C)(C)C)cc1. The standard InChI is InChI=1S/C54H65BN2/c1-33-26-48-50-49(27-33)57(45-23-18-37(52(5,6)7)30-42(45)41-29-34-14-15-35(41)28-34)47-25-20-39(54(11,12)13)32-44(47)55(50)43-31-38(53(8,9)10)19-24-46(43)56(48)40-21-16-36(17-22-40)51(2,3)4/h16-27,30-32,34-35,41H,14-15,28-29H2,1-13H3. The Balaban J connectivity index is 1.36. The van der Waals surface area contributed by atoms with E-state index < -0.39 is 0 Å². The molecule has 2 heterocycles. The van der Waals surface area contributed by atoms with Crippen LogP contribution in [-0.2, 0) is 21.7 Å². The smallest absolute Gasteiger partial charge is 0.252 e. The van der Waals surface area contributed by atoms with Crippen molar-refractivity contribution in [3.05, 3.63) is 124 Å². The van der Waals surface area contributed by atoms with E-state index in [-0.39, 0.29) is 28.4 Å². The van der Waals surface area contributed by atoms with Crippen LogP contribution in [0.1, 0.15) is 148 Å². The second-order valence-electron chi connectivity index (χ2n) is 22.5. The second-order valence-corrected chi connectivity index (χ2v) is 22.5. The summed E-state index contributed by atoms with van der Waals surface area (Å²) in [4.78, 5) is 5.31. The summed E-state index contributed by atoms with van der Waals surface area (Å²) in [6, 6.07) is 36.9. The third-order valence-corrected chi connectivity index (χ3v) is 14.2. The third kappa shape index (κ3) is 6.38. The van der Waals surface area contributed by atoms with Crippen LogP contribution in [0.25, 0.3) is 0 Å². The van der Waals surface area contributed by atoms with E-state index in [0.717, 1.165) is 11.8 Å². The molecule has 2 saturated carbocycles. The maximum Gasteiger partial charge on any atom is 0.252 e. The minimum atomic E-state index is 0.0183. The van der Waals surface area contributed by atoms with Crippen LogP contribution in [0.3, 0.4) is 0 Å². The van der Waals surface area contributed by atoms with Crippen LogP contribution >= 0.6 is 0 Å². The molecule has 0 N–H and O–H groups in total. The average molecular weight is 753 g/mol. The molecule has 3 unspecified atom stereocenters. The Morgan fingerprint density at radius 2 is 0.947 bits per heavy atom. The first-order valence-corrected chi connectivity index (χ1v) is 22.0. The highest BCUT2D eigenvalue weighted by atomic mass is 15.2. The van der Waals surface area contributed by atoms with Gasteiger partial charge in [0.2, 0.25) is 0 Å². The van der Waals surface area contributed by atoms with Crippen LogP contribution in [0, 0.1) is 18.8 Å². The zero-order chi connectivity index (χ0) is 40.6. The number of hydrogen-bond donors (Lipinski definition) is 0. The molecule has 0 aromatic heterocycles. The van der Waals surface area contributed by atoms with Gasteiger partial charge in [-0.3, -0.25) is 0 Å². The Labute approximate surface area is 345 Å². The fourth-order valence-electron chi connectivity index (χ4n) is 10.9. The van der Waals surface area contributed by atoms with Crippen molar-refractivity contribution in [2.75, 3.05) is 9.80 Å². The van der Waals surface area contributed by atoms with Crippen LogP contribution in [0.2, 0.25) is 0 Å². The van der Waals surface area contributed by atoms with Crippen LogP contribution in [0.15, 0.2) is 91.0 Å². The van der Waals surface area contributed by atoms with E-state index in [1.54, 1.807) is 5.56 Å². The fraction of sp³-hybridized carbons (Fsp3) is 0.444. The van der Waals surface area contributed by atoms with Crippen molar-refractivity contribution >= 4 is 57.2 Å². The molecule has 0 radical (unpaired) electrons. The molecule has 2 nitrogen and oxygen atoms in total. The third-order valence-electron chi connectivity index (χ3n) is 14.2. The van der Waals surface area contributed by atoms with Crippen molar-refractivity contribution < 1.29 is 0 Å². The summed E-state index contributed by atoms with van der Waals surface area (Å²) < 4.78 is 0. The number of benzene rings is 5. The maximum atomic E-state index is 2.72. The van der Waals surface area contributed by atoms with Gasteiger partial charge in [0.1, 0.15) is 0 Å². The number of anilines is 6. The molecule has 2 aliphatic heterocycles. The Morgan fingerprint density at radius 3 is 1.44 bits per heavy atom. The van der Waals surface area contributed by atoms with Gasteiger partial charge in [0.25, 0.3) is 6.71 Å². The maximum absolute atomic E-state index is 2.72. The lowest BCUT2D eigenvalue weighted by atomic mass is 9.33. The molecule has 0 saturated heterocycles. The van der Waals surface area contributed by atoms with Gasteiger partial charge in [0, 0.05) is 34.1 Å². The number of nitrogens with zero attached hydrogens (tertiary/aromatic N) is 2. The topological polar surface area (TPSA) is 6.48 Å². The van der Waals surface area contributed by atoms with E-state index in [4.69, 9.17) is 0 Å². The van der Waals surface area contributed by atoms with E-state index in [9.17, 15) is 0 Å². The predicted molar refractivity (Wildman–Crippen MR) is 248 cm³/mol. The molecular formula is C54H65BN2. The summed E-state index contributed by atoms with van der Waals surface area (Å²) >= 11 is 0. The van der Waals surface area contributed by atoms with Gasteiger partial charge in [-0.25, -0.2) is 0 Å². The number of fused-ring (bicyclic) bond motifs is 6. The first-order valence-electron chi connectivity index (χ1n) is 22.0.